The van der Waals surface area contributed by atoms with Crippen LogP contribution in [0, 0.1) is 5.82 Å². The van der Waals surface area contributed by atoms with Crippen LogP contribution in [0.25, 0.3) is 0 Å². The number of hydrogen-bond donors (Lipinski definition) is 1. The van der Waals surface area contributed by atoms with E-state index in [9.17, 15) is 4.39 Å². The van der Waals surface area contributed by atoms with Gasteiger partial charge in [0.05, 0.1) is 0 Å². The molecule has 0 amide bonds. The molecular formula is C11H16FNS. The van der Waals surface area contributed by atoms with E-state index in [1.165, 1.54) is 11.8 Å². The van der Waals surface area contributed by atoms with E-state index in [2.05, 4.69) is 5.32 Å². The van der Waals surface area contributed by atoms with Crippen molar-refractivity contribution in [2.24, 2.45) is 0 Å². The van der Waals surface area contributed by atoms with Crippen molar-refractivity contribution in [3.63, 3.8) is 0 Å². The Hall–Kier alpha value is -0.540. The van der Waals surface area contributed by atoms with E-state index in [0.717, 1.165) is 29.3 Å². The Balaban J connectivity index is 2.68. The topological polar surface area (TPSA) is 12.0 Å². The third-order valence-electron chi connectivity index (χ3n) is 1.88. The molecule has 0 spiro atoms. The molecule has 0 aliphatic carbocycles. The lowest BCUT2D eigenvalue weighted by molar-refractivity contribution is 0.596. The van der Waals surface area contributed by atoms with Gasteiger partial charge in [-0.15, -0.1) is 11.8 Å². The summed E-state index contributed by atoms with van der Waals surface area (Å²) in [5.41, 5.74) is 1.00. The molecule has 0 bridgehead atoms. The Morgan fingerprint density at radius 2 is 2.14 bits per heavy atom. The van der Waals surface area contributed by atoms with E-state index in [0.29, 0.717) is 0 Å². The first-order valence-electron chi connectivity index (χ1n) is 4.89. The van der Waals surface area contributed by atoms with Crippen molar-refractivity contribution in [2.45, 2.75) is 25.3 Å². The van der Waals surface area contributed by atoms with Gasteiger partial charge in [0.15, 0.2) is 0 Å². The number of thioether (sulfide) groups is 1. The van der Waals surface area contributed by atoms with E-state index in [1.54, 1.807) is 6.07 Å². The molecule has 0 saturated carbocycles. The molecule has 78 valence electrons. The van der Waals surface area contributed by atoms with Crippen molar-refractivity contribution < 1.29 is 4.39 Å². The van der Waals surface area contributed by atoms with Gasteiger partial charge in [-0.2, -0.15) is 0 Å². The number of halogens is 1. The molecule has 3 heteroatoms. The lowest BCUT2D eigenvalue weighted by Crippen LogP contribution is -2.11. The maximum Gasteiger partial charge on any atom is 0.137 e. The van der Waals surface area contributed by atoms with Crippen LogP contribution >= 0.6 is 11.8 Å². The zero-order valence-corrected chi connectivity index (χ0v) is 9.46. The summed E-state index contributed by atoms with van der Waals surface area (Å²) in [4.78, 5) is 0.743. The lowest BCUT2D eigenvalue weighted by Gasteiger charge is -2.05. The molecule has 0 atom stereocenters. The number of hydrogen-bond acceptors (Lipinski definition) is 2. The van der Waals surface area contributed by atoms with Crippen LogP contribution in [0.1, 0.15) is 19.4 Å². The van der Waals surface area contributed by atoms with E-state index < -0.39 is 0 Å². The first kappa shape index (κ1) is 11.5. The Morgan fingerprint density at radius 3 is 2.71 bits per heavy atom. The molecule has 0 unspecified atom stereocenters. The van der Waals surface area contributed by atoms with Crippen molar-refractivity contribution in [3.8, 4) is 0 Å². The van der Waals surface area contributed by atoms with Gasteiger partial charge in [0, 0.05) is 11.4 Å². The van der Waals surface area contributed by atoms with Crippen molar-refractivity contribution in [2.75, 3.05) is 12.3 Å². The zero-order chi connectivity index (χ0) is 10.4. The van der Waals surface area contributed by atoms with Crippen molar-refractivity contribution in [3.05, 3.63) is 29.6 Å². The molecule has 1 aromatic rings. The van der Waals surface area contributed by atoms with Gasteiger partial charge in [-0.1, -0.05) is 19.9 Å². The zero-order valence-electron chi connectivity index (χ0n) is 8.64. The fourth-order valence-electron chi connectivity index (χ4n) is 1.20. The fourth-order valence-corrected chi connectivity index (χ4v) is 1.87. The highest BCUT2D eigenvalue weighted by Crippen LogP contribution is 2.22. The minimum atomic E-state index is -0.104. The maximum absolute atomic E-state index is 13.4. The van der Waals surface area contributed by atoms with Crippen LogP contribution in [0.3, 0.4) is 0 Å². The van der Waals surface area contributed by atoms with Crippen LogP contribution in [0.15, 0.2) is 23.1 Å². The number of benzene rings is 1. The van der Waals surface area contributed by atoms with Gasteiger partial charge in [-0.3, -0.25) is 0 Å². The molecule has 0 fully saturated rings. The Bertz CT molecular complexity index is 289. The summed E-state index contributed by atoms with van der Waals surface area (Å²) in [7, 11) is 0. The predicted octanol–water partition coefficient (Wildman–Crippen LogP) is 3.05. The first-order chi connectivity index (χ1) is 6.77. The van der Waals surface area contributed by atoms with Crippen molar-refractivity contribution in [1.29, 1.82) is 0 Å². The highest BCUT2D eigenvalue weighted by Gasteiger charge is 2.02. The smallest absolute Gasteiger partial charge is 0.137 e. The highest BCUT2D eigenvalue weighted by atomic mass is 32.2. The molecule has 14 heavy (non-hydrogen) atoms. The molecular weight excluding hydrogens is 197 g/mol. The van der Waals surface area contributed by atoms with Crippen molar-refractivity contribution in [1.82, 2.24) is 5.32 Å². The van der Waals surface area contributed by atoms with Crippen LogP contribution in [-0.4, -0.2) is 12.3 Å². The summed E-state index contributed by atoms with van der Waals surface area (Å²) in [6, 6.07) is 5.44. The quantitative estimate of drug-likeness (QED) is 0.754. The minimum Gasteiger partial charge on any atom is -0.313 e. The van der Waals surface area contributed by atoms with Gasteiger partial charge in [0.2, 0.25) is 0 Å². The molecule has 0 saturated heterocycles. The number of nitrogens with one attached hydrogen (secondary N) is 1. The van der Waals surface area contributed by atoms with E-state index in [1.807, 2.05) is 26.0 Å². The summed E-state index contributed by atoms with van der Waals surface area (Å²) in [6.07, 6.45) is 0. The highest BCUT2D eigenvalue weighted by molar-refractivity contribution is 7.99. The Kier molecular flexibility index (Phi) is 4.98. The summed E-state index contributed by atoms with van der Waals surface area (Å²) in [5, 5.41) is 3.17. The second kappa shape index (κ2) is 6.04. The second-order valence-corrected chi connectivity index (χ2v) is 4.28. The summed E-state index contributed by atoms with van der Waals surface area (Å²) in [5.74, 6) is 0.802. The average molecular weight is 213 g/mol. The molecule has 0 radical (unpaired) electrons. The monoisotopic (exact) mass is 213 g/mol. The van der Waals surface area contributed by atoms with E-state index in [4.69, 9.17) is 0 Å². The summed E-state index contributed by atoms with van der Waals surface area (Å²) >= 11 is 1.54. The van der Waals surface area contributed by atoms with Crippen LogP contribution in [-0.2, 0) is 6.54 Å². The maximum atomic E-state index is 13.4. The van der Waals surface area contributed by atoms with Gasteiger partial charge in [0.25, 0.3) is 0 Å². The molecule has 1 aromatic carbocycles. The Labute approximate surface area is 89.1 Å². The summed E-state index contributed by atoms with van der Waals surface area (Å²) in [6.45, 7) is 5.71. The van der Waals surface area contributed by atoms with E-state index in [-0.39, 0.29) is 5.82 Å². The van der Waals surface area contributed by atoms with Crippen LogP contribution in [0.5, 0.6) is 0 Å². The van der Waals surface area contributed by atoms with Gasteiger partial charge in [-0.05, 0) is 30.0 Å². The van der Waals surface area contributed by atoms with Gasteiger partial charge in [0.1, 0.15) is 5.82 Å². The van der Waals surface area contributed by atoms with Crippen molar-refractivity contribution >= 4 is 11.8 Å². The molecule has 0 aromatic heterocycles. The lowest BCUT2D eigenvalue weighted by atomic mass is 10.2. The standard InChI is InChI=1S/C11H16FNS/c1-3-13-8-9-5-6-11(14-4-2)10(12)7-9/h5-7,13H,3-4,8H2,1-2H3. The molecule has 1 rings (SSSR count). The first-order valence-corrected chi connectivity index (χ1v) is 5.88. The van der Waals surface area contributed by atoms with Crippen LogP contribution in [0.2, 0.25) is 0 Å². The number of rotatable bonds is 5. The fraction of sp³-hybridized carbons (Fsp3) is 0.455. The molecule has 1 nitrogen and oxygen atoms in total. The second-order valence-electron chi connectivity index (χ2n) is 2.98. The molecule has 0 heterocycles. The summed E-state index contributed by atoms with van der Waals surface area (Å²) < 4.78 is 13.4. The van der Waals surface area contributed by atoms with Gasteiger partial charge >= 0.3 is 0 Å². The average Bonchev–Trinajstić information content (AvgIpc) is 2.19. The van der Waals surface area contributed by atoms with Crippen LogP contribution in [0.4, 0.5) is 4.39 Å². The SMILES string of the molecule is CCNCc1ccc(SCC)c(F)c1. The normalized spacial score (nSPS) is 10.5. The molecule has 0 aliphatic heterocycles. The largest absolute Gasteiger partial charge is 0.313 e. The molecule has 1 N–H and O–H groups in total. The minimum absolute atomic E-state index is 0.104. The van der Waals surface area contributed by atoms with E-state index >= 15 is 0 Å². The van der Waals surface area contributed by atoms with Crippen LogP contribution < -0.4 is 5.32 Å². The molecule has 0 aliphatic rings. The Morgan fingerprint density at radius 1 is 1.36 bits per heavy atom. The third kappa shape index (κ3) is 3.31. The van der Waals surface area contributed by atoms with Gasteiger partial charge < -0.3 is 5.32 Å². The third-order valence-corrected chi connectivity index (χ3v) is 2.81. The van der Waals surface area contributed by atoms with Gasteiger partial charge in [-0.25, -0.2) is 4.39 Å². The predicted molar refractivity (Wildman–Crippen MR) is 60.2 cm³/mol.